The lowest BCUT2D eigenvalue weighted by Gasteiger charge is -2.37. The van der Waals surface area contributed by atoms with Gasteiger partial charge in [-0.15, -0.1) is 0 Å². The molecule has 1 aliphatic heterocycles. The summed E-state index contributed by atoms with van der Waals surface area (Å²) in [4.78, 5) is 12.8. The van der Waals surface area contributed by atoms with E-state index in [2.05, 4.69) is 5.43 Å². The maximum Gasteiger partial charge on any atom is 0.439 e. The summed E-state index contributed by atoms with van der Waals surface area (Å²) in [6.45, 7) is 6.02. The highest BCUT2D eigenvalue weighted by Gasteiger charge is 2.68. The van der Waals surface area contributed by atoms with Crippen molar-refractivity contribution in [3.8, 4) is 0 Å². The summed E-state index contributed by atoms with van der Waals surface area (Å²) >= 11 is 0. The van der Waals surface area contributed by atoms with Gasteiger partial charge in [0.2, 0.25) is 0 Å². The van der Waals surface area contributed by atoms with Gasteiger partial charge in [0.25, 0.3) is 11.6 Å². The molecule has 1 aromatic rings. The molecule has 0 unspecified atom stereocenters. The van der Waals surface area contributed by atoms with Crippen LogP contribution in [-0.4, -0.2) is 27.9 Å². The lowest BCUT2D eigenvalue weighted by Crippen LogP contribution is -2.62. The fraction of sp³-hybridized carbons (Fsp3) is 0.526. The zero-order valence-corrected chi connectivity index (χ0v) is 15.0. The summed E-state index contributed by atoms with van der Waals surface area (Å²) in [7, 11) is 0. The molecule has 1 heterocycles. The predicted molar refractivity (Wildman–Crippen MR) is 90.9 cm³/mol. The highest BCUT2D eigenvalue weighted by Crippen LogP contribution is 2.49. The van der Waals surface area contributed by atoms with Crippen LogP contribution in [0.4, 0.5) is 13.2 Å². The van der Waals surface area contributed by atoms with E-state index in [9.17, 15) is 23.1 Å². The fourth-order valence-electron chi connectivity index (χ4n) is 3.56. The molecule has 0 aromatic heterocycles. The highest BCUT2D eigenvalue weighted by molar-refractivity contribution is 5.95. The van der Waals surface area contributed by atoms with Crippen molar-refractivity contribution in [1.29, 1.82) is 0 Å². The minimum Gasteiger partial charge on any atom is -0.362 e. The van der Waals surface area contributed by atoms with Crippen LogP contribution in [0.1, 0.15) is 56.0 Å². The molecule has 0 spiro atoms. The zero-order chi connectivity index (χ0) is 19.3. The molecule has 2 atom stereocenters. The van der Waals surface area contributed by atoms with Crippen LogP contribution < -0.4 is 5.43 Å². The van der Waals surface area contributed by atoms with Gasteiger partial charge in [-0.2, -0.15) is 13.2 Å². The number of carbonyl (C=O) groups excluding carboxylic acids is 1. The molecule has 0 bridgehead atoms. The third-order valence-electron chi connectivity index (χ3n) is 5.12. The van der Waals surface area contributed by atoms with Crippen molar-refractivity contribution >= 4 is 5.91 Å². The maximum atomic E-state index is 13.8. The number of hydrogen-bond donors (Lipinski definition) is 2. The van der Waals surface area contributed by atoms with Gasteiger partial charge in [0.15, 0.2) is 0 Å². The van der Waals surface area contributed by atoms with E-state index < -0.39 is 23.7 Å². The lowest BCUT2D eigenvalue weighted by atomic mass is 9.84. The second-order valence-corrected chi connectivity index (χ2v) is 7.95. The van der Waals surface area contributed by atoms with Crippen LogP contribution in [0, 0.1) is 5.92 Å². The van der Waals surface area contributed by atoms with Gasteiger partial charge >= 0.3 is 6.18 Å². The largest absolute Gasteiger partial charge is 0.439 e. The van der Waals surface area contributed by atoms with Gasteiger partial charge in [0.1, 0.15) is 0 Å². The molecule has 2 aliphatic rings. The van der Waals surface area contributed by atoms with Gasteiger partial charge in [-0.05, 0) is 42.4 Å². The number of allylic oxidation sites excluding steroid dienone is 1. The average molecular weight is 368 g/mol. The molecule has 1 aliphatic carbocycles. The first kappa shape index (κ1) is 18.8. The standard InChI is InChI=1S/C19H23F3N2O2/c1-17(2,3)13-10-8-12(9-11-13)16(25)24-18(26,19(20,21)22)14-6-4-5-7-15(14)23-24/h7-11,14,23,26H,4-6H2,1-3H3/t14-,18-/m1/s1. The third kappa shape index (κ3) is 2.88. The Morgan fingerprint density at radius 1 is 1.23 bits per heavy atom. The first-order valence-electron chi connectivity index (χ1n) is 8.67. The number of fused-ring (bicyclic) bond motifs is 1. The Balaban J connectivity index is 1.97. The second kappa shape index (κ2) is 6.01. The normalized spacial score (nSPS) is 26.2. The number of halogens is 3. The Hall–Kier alpha value is -2.02. The van der Waals surface area contributed by atoms with Crippen LogP contribution in [0.2, 0.25) is 0 Å². The molecule has 1 aromatic carbocycles. The van der Waals surface area contributed by atoms with Crippen LogP contribution in [0.25, 0.3) is 0 Å². The number of carbonyl (C=O) groups is 1. The van der Waals surface area contributed by atoms with Gasteiger partial charge in [-0.1, -0.05) is 39.0 Å². The smallest absolute Gasteiger partial charge is 0.362 e. The maximum absolute atomic E-state index is 13.8. The molecule has 142 valence electrons. The van der Waals surface area contributed by atoms with E-state index in [1.54, 1.807) is 18.2 Å². The van der Waals surface area contributed by atoms with Gasteiger partial charge in [-0.3, -0.25) is 10.2 Å². The lowest BCUT2D eigenvalue weighted by molar-refractivity contribution is -0.314. The van der Waals surface area contributed by atoms with E-state index in [4.69, 9.17) is 0 Å². The Morgan fingerprint density at radius 2 is 1.85 bits per heavy atom. The van der Waals surface area contributed by atoms with E-state index in [-0.39, 0.29) is 23.1 Å². The molecule has 4 nitrogen and oxygen atoms in total. The SMILES string of the molecule is CC(C)(C)c1ccc(C(=O)N2NC3=CCCC[C@H]3[C@@]2(O)C(F)(F)F)cc1. The summed E-state index contributed by atoms with van der Waals surface area (Å²) in [6, 6.07) is 6.44. The molecule has 7 heteroatoms. The van der Waals surface area contributed by atoms with Crippen LogP contribution in [0.5, 0.6) is 0 Å². The average Bonchev–Trinajstić information content (AvgIpc) is 2.88. The molecule has 26 heavy (non-hydrogen) atoms. The van der Waals surface area contributed by atoms with Crippen LogP contribution in [0.15, 0.2) is 36.0 Å². The minimum atomic E-state index is -4.97. The fourth-order valence-corrected chi connectivity index (χ4v) is 3.56. The molecule has 2 N–H and O–H groups in total. The Bertz CT molecular complexity index is 735. The van der Waals surface area contributed by atoms with E-state index in [1.807, 2.05) is 20.8 Å². The van der Waals surface area contributed by atoms with Crippen molar-refractivity contribution in [1.82, 2.24) is 10.4 Å². The zero-order valence-electron chi connectivity index (χ0n) is 15.0. The summed E-state index contributed by atoms with van der Waals surface area (Å²) in [5.74, 6) is -2.09. The van der Waals surface area contributed by atoms with Crippen molar-refractivity contribution < 1.29 is 23.1 Å². The number of benzene rings is 1. The summed E-state index contributed by atoms with van der Waals surface area (Å²) in [6.07, 6.45) is -2.02. The van der Waals surface area contributed by atoms with Crippen molar-refractivity contribution in [3.05, 3.63) is 47.2 Å². The van der Waals surface area contributed by atoms with E-state index >= 15 is 0 Å². The number of aliphatic hydroxyl groups is 1. The summed E-state index contributed by atoms with van der Waals surface area (Å²) in [5, 5.41) is 10.9. The van der Waals surface area contributed by atoms with Crippen molar-refractivity contribution in [3.63, 3.8) is 0 Å². The van der Waals surface area contributed by atoms with Gasteiger partial charge in [0, 0.05) is 11.3 Å². The van der Waals surface area contributed by atoms with Gasteiger partial charge in [0.05, 0.1) is 5.92 Å². The van der Waals surface area contributed by atoms with Crippen LogP contribution >= 0.6 is 0 Å². The Labute approximate surface area is 150 Å². The Kier molecular flexibility index (Phi) is 4.34. The van der Waals surface area contributed by atoms with Crippen LogP contribution in [0.3, 0.4) is 0 Å². The summed E-state index contributed by atoms with van der Waals surface area (Å²) < 4.78 is 41.3. The Morgan fingerprint density at radius 3 is 2.38 bits per heavy atom. The van der Waals surface area contributed by atoms with E-state index in [1.165, 1.54) is 12.1 Å². The molecule has 0 saturated carbocycles. The summed E-state index contributed by atoms with van der Waals surface area (Å²) in [5.41, 5.74) is 0.432. The molecule has 1 amide bonds. The monoisotopic (exact) mass is 368 g/mol. The number of hydrazine groups is 1. The minimum absolute atomic E-state index is 0.0902. The van der Waals surface area contributed by atoms with Crippen molar-refractivity contribution in [2.75, 3.05) is 0 Å². The molecule has 1 saturated heterocycles. The first-order chi connectivity index (χ1) is 12.0. The predicted octanol–water partition coefficient (Wildman–Crippen LogP) is 3.88. The van der Waals surface area contributed by atoms with E-state index in [0.29, 0.717) is 17.9 Å². The number of alkyl halides is 3. The van der Waals surface area contributed by atoms with E-state index in [0.717, 1.165) is 5.56 Å². The number of nitrogens with one attached hydrogen (secondary N) is 1. The van der Waals surface area contributed by atoms with Crippen LogP contribution in [-0.2, 0) is 5.41 Å². The number of rotatable bonds is 1. The molecule has 3 rings (SSSR count). The highest BCUT2D eigenvalue weighted by atomic mass is 19.4. The van der Waals surface area contributed by atoms with Crippen molar-refractivity contribution in [2.24, 2.45) is 5.92 Å². The molecular formula is C19H23F3N2O2. The molecule has 1 fully saturated rings. The molecular weight excluding hydrogens is 345 g/mol. The number of amides is 1. The third-order valence-corrected chi connectivity index (χ3v) is 5.12. The molecule has 0 radical (unpaired) electrons. The topological polar surface area (TPSA) is 52.6 Å². The quantitative estimate of drug-likeness (QED) is 0.791. The van der Waals surface area contributed by atoms with Crippen molar-refractivity contribution in [2.45, 2.75) is 57.3 Å². The first-order valence-corrected chi connectivity index (χ1v) is 8.67. The second-order valence-electron chi connectivity index (χ2n) is 7.95. The van der Waals surface area contributed by atoms with Gasteiger partial charge in [-0.25, -0.2) is 5.01 Å². The number of nitrogens with zero attached hydrogens (tertiary/aromatic N) is 1. The number of hydrogen-bond acceptors (Lipinski definition) is 3. The van der Waals surface area contributed by atoms with Gasteiger partial charge < -0.3 is 5.11 Å².